The van der Waals surface area contributed by atoms with Gasteiger partial charge in [0, 0.05) is 6.54 Å². The summed E-state index contributed by atoms with van der Waals surface area (Å²) in [5.74, 6) is -0.217. The summed E-state index contributed by atoms with van der Waals surface area (Å²) in [4.78, 5) is 25.2. The van der Waals surface area contributed by atoms with Crippen LogP contribution in [0.3, 0.4) is 0 Å². The van der Waals surface area contributed by atoms with Gasteiger partial charge in [-0.2, -0.15) is 0 Å². The number of amides is 1. The number of carboxylic acid groups (broad SMARTS) is 1. The first-order chi connectivity index (χ1) is 10.8. The second kappa shape index (κ2) is 7.02. The molecule has 1 unspecified atom stereocenters. The molecule has 0 aliphatic carbocycles. The Bertz CT molecular complexity index is 597. The van der Waals surface area contributed by atoms with Crippen LogP contribution < -0.4 is 4.74 Å². The number of hydrogen-bond donors (Lipinski definition) is 1. The number of likely N-dealkylation sites (tertiary alicyclic amines) is 1. The second-order valence-corrected chi connectivity index (χ2v) is 6.48. The molecule has 23 heavy (non-hydrogen) atoms. The van der Waals surface area contributed by atoms with E-state index < -0.39 is 18.1 Å². The molecule has 5 nitrogen and oxygen atoms in total. The summed E-state index contributed by atoms with van der Waals surface area (Å²) >= 11 is 0. The average molecular weight is 319 g/mol. The molecule has 0 saturated carbocycles. The largest absolute Gasteiger partial charge is 0.481 e. The van der Waals surface area contributed by atoms with Crippen LogP contribution in [0, 0.1) is 6.92 Å². The SMILES string of the molecule is Cc1ccc(C(C)C)c(OC(C)C(=O)N2CCC[C@@H]2C(=O)O)c1. The molecule has 1 aliphatic rings. The molecule has 1 aromatic rings. The van der Waals surface area contributed by atoms with E-state index in [1.165, 1.54) is 4.90 Å². The Kier molecular flexibility index (Phi) is 5.29. The van der Waals surface area contributed by atoms with Crippen LogP contribution in [-0.2, 0) is 9.59 Å². The van der Waals surface area contributed by atoms with E-state index in [1.807, 2.05) is 25.1 Å². The molecule has 0 bridgehead atoms. The van der Waals surface area contributed by atoms with Gasteiger partial charge in [0.05, 0.1) is 0 Å². The Morgan fingerprint density at radius 1 is 1.30 bits per heavy atom. The zero-order valence-corrected chi connectivity index (χ0v) is 14.2. The maximum Gasteiger partial charge on any atom is 0.326 e. The minimum atomic E-state index is -0.943. The highest BCUT2D eigenvalue weighted by atomic mass is 16.5. The lowest BCUT2D eigenvalue weighted by Crippen LogP contribution is -2.46. The molecule has 0 aromatic heterocycles. The van der Waals surface area contributed by atoms with Crippen molar-refractivity contribution in [2.75, 3.05) is 6.54 Å². The van der Waals surface area contributed by atoms with Crippen molar-refractivity contribution in [1.29, 1.82) is 0 Å². The van der Waals surface area contributed by atoms with Crippen molar-refractivity contribution in [2.45, 2.75) is 58.6 Å². The quantitative estimate of drug-likeness (QED) is 0.906. The minimum Gasteiger partial charge on any atom is -0.481 e. The van der Waals surface area contributed by atoms with Gasteiger partial charge in [-0.15, -0.1) is 0 Å². The third-order valence-electron chi connectivity index (χ3n) is 4.26. The monoisotopic (exact) mass is 319 g/mol. The predicted molar refractivity (Wildman–Crippen MR) is 87.7 cm³/mol. The molecule has 1 aliphatic heterocycles. The third-order valence-corrected chi connectivity index (χ3v) is 4.26. The van der Waals surface area contributed by atoms with Crippen LogP contribution in [0.1, 0.15) is 50.7 Å². The van der Waals surface area contributed by atoms with E-state index in [0.717, 1.165) is 17.5 Å². The van der Waals surface area contributed by atoms with Crippen molar-refractivity contribution in [1.82, 2.24) is 4.90 Å². The van der Waals surface area contributed by atoms with Crippen molar-refractivity contribution in [3.05, 3.63) is 29.3 Å². The zero-order valence-electron chi connectivity index (χ0n) is 14.2. The van der Waals surface area contributed by atoms with Gasteiger partial charge in [0.1, 0.15) is 11.8 Å². The van der Waals surface area contributed by atoms with E-state index in [9.17, 15) is 14.7 Å². The summed E-state index contributed by atoms with van der Waals surface area (Å²) in [6.07, 6.45) is 0.529. The van der Waals surface area contributed by atoms with E-state index in [4.69, 9.17) is 4.74 Å². The summed E-state index contributed by atoms with van der Waals surface area (Å²) in [5, 5.41) is 9.22. The number of hydrogen-bond acceptors (Lipinski definition) is 3. The summed E-state index contributed by atoms with van der Waals surface area (Å²) in [5.41, 5.74) is 2.11. The molecule has 5 heteroatoms. The van der Waals surface area contributed by atoms with Gasteiger partial charge in [-0.3, -0.25) is 4.79 Å². The first kappa shape index (κ1) is 17.3. The number of rotatable bonds is 5. The van der Waals surface area contributed by atoms with Gasteiger partial charge in [0.2, 0.25) is 0 Å². The van der Waals surface area contributed by atoms with E-state index in [-0.39, 0.29) is 11.8 Å². The first-order valence-corrected chi connectivity index (χ1v) is 8.11. The number of nitrogens with zero attached hydrogens (tertiary/aromatic N) is 1. The molecule has 1 fully saturated rings. The molecule has 126 valence electrons. The lowest BCUT2D eigenvalue weighted by molar-refractivity contribution is -0.150. The number of carboxylic acids is 1. The highest BCUT2D eigenvalue weighted by Gasteiger charge is 2.36. The second-order valence-electron chi connectivity index (χ2n) is 6.48. The fourth-order valence-electron chi connectivity index (χ4n) is 2.98. The maximum absolute atomic E-state index is 12.6. The van der Waals surface area contributed by atoms with E-state index >= 15 is 0 Å². The smallest absolute Gasteiger partial charge is 0.326 e. The van der Waals surface area contributed by atoms with Crippen molar-refractivity contribution < 1.29 is 19.4 Å². The van der Waals surface area contributed by atoms with Crippen LogP contribution in [0.25, 0.3) is 0 Å². The van der Waals surface area contributed by atoms with E-state index in [2.05, 4.69) is 13.8 Å². The summed E-state index contributed by atoms with van der Waals surface area (Å²) in [7, 11) is 0. The van der Waals surface area contributed by atoms with E-state index in [0.29, 0.717) is 18.7 Å². The number of aliphatic carboxylic acids is 1. The summed E-state index contributed by atoms with van der Waals surface area (Å²) in [6.45, 7) is 8.29. The third kappa shape index (κ3) is 3.84. The zero-order chi connectivity index (χ0) is 17.1. The van der Waals surface area contributed by atoms with Crippen molar-refractivity contribution in [2.24, 2.45) is 0 Å². The van der Waals surface area contributed by atoms with Crippen LogP contribution >= 0.6 is 0 Å². The Balaban J connectivity index is 2.15. The molecular weight excluding hydrogens is 294 g/mol. The van der Waals surface area contributed by atoms with Crippen LogP contribution in [0.15, 0.2) is 18.2 Å². The Labute approximate surface area is 137 Å². The molecule has 2 rings (SSSR count). The predicted octanol–water partition coefficient (Wildman–Crippen LogP) is 2.96. The van der Waals surface area contributed by atoms with Crippen molar-refractivity contribution in [3.8, 4) is 5.75 Å². The molecule has 0 radical (unpaired) electrons. The average Bonchev–Trinajstić information content (AvgIpc) is 2.95. The van der Waals surface area contributed by atoms with Crippen LogP contribution in [0.5, 0.6) is 5.75 Å². The normalized spacial score (nSPS) is 19.0. The molecule has 1 heterocycles. The van der Waals surface area contributed by atoms with Crippen LogP contribution in [-0.4, -0.2) is 40.6 Å². The topological polar surface area (TPSA) is 66.8 Å². The first-order valence-electron chi connectivity index (χ1n) is 8.11. The molecule has 0 spiro atoms. The number of carbonyl (C=O) groups excluding carboxylic acids is 1. The molecule has 1 N–H and O–H groups in total. The van der Waals surface area contributed by atoms with Crippen LogP contribution in [0.4, 0.5) is 0 Å². The number of benzene rings is 1. The summed E-state index contributed by atoms with van der Waals surface area (Å²) < 4.78 is 5.91. The Morgan fingerprint density at radius 2 is 2.00 bits per heavy atom. The highest BCUT2D eigenvalue weighted by molar-refractivity contribution is 5.87. The van der Waals surface area contributed by atoms with Crippen molar-refractivity contribution in [3.63, 3.8) is 0 Å². The number of ether oxygens (including phenoxy) is 1. The van der Waals surface area contributed by atoms with Crippen molar-refractivity contribution >= 4 is 11.9 Å². The number of aryl methyl sites for hydroxylation is 1. The number of carbonyl (C=O) groups is 2. The molecular formula is C18H25NO4. The maximum atomic E-state index is 12.6. The van der Waals surface area contributed by atoms with Gasteiger partial charge in [-0.25, -0.2) is 4.79 Å². The van der Waals surface area contributed by atoms with Gasteiger partial charge < -0.3 is 14.7 Å². The van der Waals surface area contributed by atoms with Gasteiger partial charge >= 0.3 is 5.97 Å². The van der Waals surface area contributed by atoms with Gasteiger partial charge in [-0.1, -0.05) is 26.0 Å². The lowest BCUT2D eigenvalue weighted by Gasteiger charge is -2.26. The van der Waals surface area contributed by atoms with Gasteiger partial charge in [0.15, 0.2) is 6.10 Å². The minimum absolute atomic E-state index is 0.258. The highest BCUT2D eigenvalue weighted by Crippen LogP contribution is 2.29. The van der Waals surface area contributed by atoms with E-state index in [1.54, 1.807) is 6.92 Å². The van der Waals surface area contributed by atoms with Gasteiger partial charge in [0.25, 0.3) is 5.91 Å². The summed E-state index contributed by atoms with van der Waals surface area (Å²) in [6, 6.07) is 5.24. The van der Waals surface area contributed by atoms with Gasteiger partial charge in [-0.05, 0) is 49.8 Å². The molecule has 2 atom stereocenters. The fraction of sp³-hybridized carbons (Fsp3) is 0.556. The molecule has 1 aromatic carbocycles. The standard InChI is InChI=1S/C18H25NO4/c1-11(2)14-8-7-12(3)10-16(14)23-13(4)17(20)19-9-5-6-15(19)18(21)22/h7-8,10-11,13,15H,5-6,9H2,1-4H3,(H,21,22)/t13?,15-/m1/s1. The van der Waals surface area contributed by atoms with Crippen LogP contribution in [0.2, 0.25) is 0 Å². The Morgan fingerprint density at radius 3 is 2.61 bits per heavy atom. The fourth-order valence-corrected chi connectivity index (χ4v) is 2.98. The molecule has 1 amide bonds. The molecule has 1 saturated heterocycles. The lowest BCUT2D eigenvalue weighted by atomic mass is 10.0. The Hall–Kier alpha value is -2.04.